The Bertz CT molecular complexity index is 900. The van der Waals surface area contributed by atoms with Crippen LogP contribution in [0.3, 0.4) is 0 Å². The number of aliphatic carboxylic acids is 1. The molecule has 2 N–H and O–H groups in total. The van der Waals surface area contributed by atoms with Gasteiger partial charge in [-0.05, 0) is 36.8 Å². The van der Waals surface area contributed by atoms with Crippen LogP contribution >= 0.6 is 0 Å². The van der Waals surface area contributed by atoms with Crippen molar-refractivity contribution in [3.8, 4) is 5.75 Å². The van der Waals surface area contributed by atoms with Crippen molar-refractivity contribution in [2.75, 3.05) is 11.4 Å². The molecular formula is C20H19FN2O5. The van der Waals surface area contributed by atoms with Gasteiger partial charge in [-0.1, -0.05) is 24.3 Å². The summed E-state index contributed by atoms with van der Waals surface area (Å²) in [5, 5.41) is 11.8. The van der Waals surface area contributed by atoms with Crippen molar-refractivity contribution >= 4 is 23.5 Å². The largest absolute Gasteiger partial charge is 0.481 e. The van der Waals surface area contributed by atoms with Gasteiger partial charge in [0.15, 0.2) is 6.10 Å². The minimum absolute atomic E-state index is 0.291. The van der Waals surface area contributed by atoms with Gasteiger partial charge in [0.1, 0.15) is 18.1 Å². The van der Waals surface area contributed by atoms with Gasteiger partial charge < -0.3 is 15.2 Å². The van der Waals surface area contributed by atoms with Crippen LogP contribution in [0.2, 0.25) is 0 Å². The molecule has 0 saturated heterocycles. The number of nitrogens with one attached hydrogen (secondary N) is 1. The van der Waals surface area contributed by atoms with E-state index in [1.165, 1.54) is 29.2 Å². The molecule has 2 atom stereocenters. The SMILES string of the molecule is C[C@H]1Oc2ccccc2N(CC(=O)N[C@H](CC(=O)O)c2ccc(F)cc2)C1=O. The van der Waals surface area contributed by atoms with Gasteiger partial charge in [-0.25, -0.2) is 4.39 Å². The fourth-order valence-corrected chi connectivity index (χ4v) is 3.03. The monoisotopic (exact) mass is 386 g/mol. The van der Waals surface area contributed by atoms with E-state index >= 15 is 0 Å². The third kappa shape index (κ3) is 4.28. The van der Waals surface area contributed by atoms with E-state index in [0.717, 1.165) is 0 Å². The molecular weight excluding hydrogens is 367 g/mol. The lowest BCUT2D eigenvalue weighted by atomic mass is 10.0. The van der Waals surface area contributed by atoms with Crippen LogP contribution in [-0.2, 0) is 14.4 Å². The number of anilines is 1. The van der Waals surface area contributed by atoms with Crippen molar-refractivity contribution in [1.29, 1.82) is 0 Å². The van der Waals surface area contributed by atoms with Gasteiger partial charge in [0.25, 0.3) is 5.91 Å². The third-order valence-electron chi connectivity index (χ3n) is 4.36. The lowest BCUT2D eigenvalue weighted by Gasteiger charge is -2.32. The first-order valence-electron chi connectivity index (χ1n) is 8.69. The Hall–Kier alpha value is -3.42. The lowest BCUT2D eigenvalue weighted by molar-refractivity contribution is -0.138. The number of carboxylic acids is 1. The number of benzene rings is 2. The van der Waals surface area contributed by atoms with Crippen molar-refractivity contribution in [3.63, 3.8) is 0 Å². The number of para-hydroxylation sites is 2. The summed E-state index contributed by atoms with van der Waals surface area (Å²) < 4.78 is 18.7. The first-order valence-corrected chi connectivity index (χ1v) is 8.69. The number of halogens is 1. The van der Waals surface area contributed by atoms with Crippen LogP contribution in [0.1, 0.15) is 24.9 Å². The van der Waals surface area contributed by atoms with Crippen molar-refractivity contribution in [3.05, 3.63) is 59.9 Å². The molecule has 1 heterocycles. The molecule has 1 aliphatic heterocycles. The number of carbonyl (C=O) groups excluding carboxylic acids is 2. The summed E-state index contributed by atoms with van der Waals surface area (Å²) >= 11 is 0. The Morgan fingerprint density at radius 1 is 1.21 bits per heavy atom. The summed E-state index contributed by atoms with van der Waals surface area (Å²) in [6, 6.07) is 11.2. The molecule has 0 bridgehead atoms. The fourth-order valence-electron chi connectivity index (χ4n) is 3.03. The molecule has 0 unspecified atom stereocenters. The second-order valence-electron chi connectivity index (χ2n) is 6.42. The zero-order chi connectivity index (χ0) is 20.3. The second kappa shape index (κ2) is 8.08. The molecule has 8 heteroatoms. The van der Waals surface area contributed by atoms with Crippen LogP contribution in [-0.4, -0.2) is 35.5 Å². The van der Waals surface area contributed by atoms with Crippen LogP contribution in [0, 0.1) is 5.82 Å². The molecule has 0 aliphatic carbocycles. The molecule has 7 nitrogen and oxygen atoms in total. The van der Waals surface area contributed by atoms with Crippen LogP contribution < -0.4 is 15.0 Å². The molecule has 28 heavy (non-hydrogen) atoms. The van der Waals surface area contributed by atoms with E-state index in [0.29, 0.717) is 17.0 Å². The average molecular weight is 386 g/mol. The van der Waals surface area contributed by atoms with Crippen molar-refractivity contribution in [2.45, 2.75) is 25.5 Å². The van der Waals surface area contributed by atoms with Crippen LogP contribution in [0.4, 0.5) is 10.1 Å². The van der Waals surface area contributed by atoms with Gasteiger partial charge >= 0.3 is 5.97 Å². The molecule has 0 aromatic heterocycles. The number of hydrogen-bond donors (Lipinski definition) is 2. The van der Waals surface area contributed by atoms with Gasteiger partial charge in [-0.2, -0.15) is 0 Å². The number of amides is 2. The zero-order valence-electron chi connectivity index (χ0n) is 15.1. The van der Waals surface area contributed by atoms with Crippen molar-refractivity contribution in [1.82, 2.24) is 5.32 Å². The maximum Gasteiger partial charge on any atom is 0.305 e. The zero-order valence-corrected chi connectivity index (χ0v) is 15.1. The number of nitrogens with zero attached hydrogens (tertiary/aromatic N) is 1. The van der Waals surface area contributed by atoms with E-state index in [1.54, 1.807) is 31.2 Å². The Morgan fingerprint density at radius 2 is 1.89 bits per heavy atom. The Labute approximate surface area is 160 Å². The van der Waals surface area contributed by atoms with E-state index in [2.05, 4.69) is 5.32 Å². The highest BCUT2D eigenvalue weighted by atomic mass is 19.1. The van der Waals surface area contributed by atoms with Gasteiger partial charge in [-0.15, -0.1) is 0 Å². The summed E-state index contributed by atoms with van der Waals surface area (Å²) in [5.74, 6) is -1.99. The summed E-state index contributed by atoms with van der Waals surface area (Å²) in [6.07, 6.45) is -1.11. The van der Waals surface area contributed by atoms with Gasteiger partial charge in [0.2, 0.25) is 5.91 Å². The predicted octanol–water partition coefficient (Wildman–Crippen LogP) is 2.27. The summed E-state index contributed by atoms with van der Waals surface area (Å²) in [7, 11) is 0. The number of carbonyl (C=O) groups is 3. The normalized spacial score (nSPS) is 16.7. The molecule has 0 fully saturated rings. The first kappa shape index (κ1) is 19.3. The number of ether oxygens (including phenoxy) is 1. The van der Waals surface area contributed by atoms with Gasteiger partial charge in [-0.3, -0.25) is 19.3 Å². The molecule has 2 aromatic rings. The van der Waals surface area contributed by atoms with Crippen LogP contribution in [0.25, 0.3) is 0 Å². The summed E-state index contributed by atoms with van der Waals surface area (Å²) in [5.41, 5.74) is 0.927. The molecule has 2 amide bonds. The summed E-state index contributed by atoms with van der Waals surface area (Å²) in [4.78, 5) is 37.6. The quantitative estimate of drug-likeness (QED) is 0.794. The maximum absolute atomic E-state index is 13.1. The molecule has 0 spiro atoms. The number of carboxylic acid groups (broad SMARTS) is 1. The molecule has 1 aliphatic rings. The number of fused-ring (bicyclic) bond motifs is 1. The van der Waals surface area contributed by atoms with Crippen molar-refractivity contribution < 1.29 is 28.6 Å². The molecule has 0 radical (unpaired) electrons. The van der Waals surface area contributed by atoms with E-state index in [1.807, 2.05) is 0 Å². The highest BCUT2D eigenvalue weighted by molar-refractivity contribution is 6.03. The molecule has 146 valence electrons. The minimum Gasteiger partial charge on any atom is -0.481 e. The Morgan fingerprint density at radius 3 is 2.57 bits per heavy atom. The minimum atomic E-state index is -1.11. The van der Waals surface area contributed by atoms with Gasteiger partial charge in [0.05, 0.1) is 18.2 Å². The highest BCUT2D eigenvalue weighted by Crippen LogP contribution is 2.33. The van der Waals surface area contributed by atoms with Gasteiger partial charge in [0, 0.05) is 0 Å². The lowest BCUT2D eigenvalue weighted by Crippen LogP contribution is -2.49. The average Bonchev–Trinajstić information content (AvgIpc) is 2.65. The van der Waals surface area contributed by atoms with Crippen LogP contribution in [0.15, 0.2) is 48.5 Å². The predicted molar refractivity (Wildman–Crippen MR) is 98.4 cm³/mol. The topological polar surface area (TPSA) is 95.9 Å². The third-order valence-corrected chi connectivity index (χ3v) is 4.36. The fraction of sp³-hybridized carbons (Fsp3) is 0.250. The Balaban J connectivity index is 1.78. The Kier molecular flexibility index (Phi) is 5.58. The molecule has 2 aromatic carbocycles. The number of hydrogen-bond acceptors (Lipinski definition) is 4. The summed E-state index contributed by atoms with van der Waals surface area (Å²) in [6.45, 7) is 1.30. The standard InChI is InChI=1S/C20H19FN2O5/c1-12-20(27)23(16-4-2-3-5-17(16)28-12)11-18(24)22-15(10-19(25)26)13-6-8-14(21)9-7-13/h2-9,12,15H,10-11H2,1H3,(H,22,24)(H,25,26)/t12-,15-/m1/s1. The van der Waals surface area contributed by atoms with E-state index in [9.17, 15) is 18.8 Å². The number of rotatable bonds is 6. The van der Waals surface area contributed by atoms with E-state index in [-0.39, 0.29) is 18.9 Å². The molecule has 0 saturated carbocycles. The van der Waals surface area contributed by atoms with Crippen LogP contribution in [0.5, 0.6) is 5.75 Å². The molecule has 3 rings (SSSR count). The first-order chi connectivity index (χ1) is 13.3. The van der Waals surface area contributed by atoms with Crippen molar-refractivity contribution in [2.24, 2.45) is 0 Å². The second-order valence-corrected chi connectivity index (χ2v) is 6.42. The smallest absolute Gasteiger partial charge is 0.305 e. The van der Waals surface area contributed by atoms with E-state index in [4.69, 9.17) is 9.84 Å². The van der Waals surface area contributed by atoms with E-state index < -0.39 is 29.8 Å². The maximum atomic E-state index is 13.1. The highest BCUT2D eigenvalue weighted by Gasteiger charge is 2.33.